The Morgan fingerprint density at radius 1 is 1.22 bits per heavy atom. The number of carbonyl (C=O) groups is 1. The number of aromatic nitrogens is 1. The van der Waals surface area contributed by atoms with Gasteiger partial charge in [-0.25, -0.2) is 4.98 Å². The minimum absolute atomic E-state index is 0.232. The van der Waals surface area contributed by atoms with E-state index in [1.54, 1.807) is 18.3 Å². The molecule has 0 N–H and O–H groups in total. The second-order valence-electron chi connectivity index (χ2n) is 3.67. The molecule has 4 heteroatoms. The van der Waals surface area contributed by atoms with Crippen molar-refractivity contribution in [3.63, 3.8) is 0 Å². The maximum absolute atomic E-state index is 11.2. The summed E-state index contributed by atoms with van der Waals surface area (Å²) in [5.41, 5.74) is 0.843. The van der Waals surface area contributed by atoms with E-state index in [0.29, 0.717) is 11.6 Å². The highest BCUT2D eigenvalue weighted by Gasteiger charge is 2.04. The zero-order valence-corrected chi connectivity index (χ0v) is 10.00. The van der Waals surface area contributed by atoms with Crippen LogP contribution in [-0.2, 0) is 16.0 Å². The molecule has 0 radical (unpaired) electrons. The van der Waals surface area contributed by atoms with E-state index < -0.39 is 0 Å². The molecule has 1 aromatic heterocycles. The average molecular weight is 243 g/mol. The van der Waals surface area contributed by atoms with Crippen molar-refractivity contribution in [2.75, 3.05) is 7.11 Å². The molecule has 1 heterocycles. The lowest BCUT2D eigenvalue weighted by Crippen LogP contribution is -2.04. The molecule has 0 bridgehead atoms. The van der Waals surface area contributed by atoms with Crippen LogP contribution >= 0.6 is 0 Å². The zero-order chi connectivity index (χ0) is 12.8. The van der Waals surface area contributed by atoms with Gasteiger partial charge in [0.25, 0.3) is 0 Å². The second-order valence-corrected chi connectivity index (χ2v) is 3.67. The summed E-state index contributed by atoms with van der Waals surface area (Å²) in [6.07, 6.45) is 1.89. The second kappa shape index (κ2) is 5.82. The van der Waals surface area contributed by atoms with Gasteiger partial charge in [0, 0.05) is 12.3 Å². The highest BCUT2D eigenvalue weighted by molar-refractivity contribution is 5.72. The van der Waals surface area contributed by atoms with Crippen molar-refractivity contribution in [3.05, 3.63) is 54.2 Å². The van der Waals surface area contributed by atoms with Crippen LogP contribution in [0.2, 0.25) is 0 Å². The van der Waals surface area contributed by atoms with Crippen LogP contribution in [0, 0.1) is 0 Å². The highest BCUT2D eigenvalue weighted by Crippen LogP contribution is 2.20. The van der Waals surface area contributed by atoms with Crippen LogP contribution in [0.4, 0.5) is 0 Å². The van der Waals surface area contributed by atoms with Crippen molar-refractivity contribution in [2.24, 2.45) is 0 Å². The number of hydrogen-bond donors (Lipinski definition) is 0. The monoisotopic (exact) mass is 243 g/mol. The summed E-state index contributed by atoms with van der Waals surface area (Å²) in [7, 11) is 1.37. The van der Waals surface area contributed by atoms with Crippen LogP contribution in [0.3, 0.4) is 0 Å². The molecular weight excluding hydrogens is 230 g/mol. The first-order valence-electron chi connectivity index (χ1n) is 5.52. The first-order valence-corrected chi connectivity index (χ1v) is 5.52. The summed E-state index contributed by atoms with van der Waals surface area (Å²) in [6.45, 7) is 0. The number of rotatable bonds is 4. The first kappa shape index (κ1) is 12.1. The number of hydrogen-bond acceptors (Lipinski definition) is 4. The molecule has 0 saturated heterocycles. The molecule has 0 aliphatic heterocycles. The predicted molar refractivity (Wildman–Crippen MR) is 66.5 cm³/mol. The van der Waals surface area contributed by atoms with Gasteiger partial charge in [-0.15, -0.1) is 0 Å². The van der Waals surface area contributed by atoms with Crippen molar-refractivity contribution in [2.45, 2.75) is 6.42 Å². The van der Waals surface area contributed by atoms with Crippen molar-refractivity contribution >= 4 is 5.97 Å². The smallest absolute Gasteiger partial charge is 0.309 e. The van der Waals surface area contributed by atoms with Gasteiger partial charge < -0.3 is 9.47 Å². The van der Waals surface area contributed by atoms with Crippen LogP contribution < -0.4 is 4.74 Å². The van der Waals surface area contributed by atoms with Gasteiger partial charge in [-0.1, -0.05) is 18.2 Å². The SMILES string of the molecule is COC(=O)Cc1cccc(Oc2ccccn2)c1. The zero-order valence-electron chi connectivity index (χ0n) is 10.00. The average Bonchev–Trinajstić information content (AvgIpc) is 2.40. The number of benzene rings is 1. The first-order chi connectivity index (χ1) is 8.78. The molecular formula is C14H13NO3. The summed E-state index contributed by atoms with van der Waals surface area (Å²) in [5, 5.41) is 0. The number of nitrogens with zero attached hydrogens (tertiary/aromatic N) is 1. The van der Waals surface area contributed by atoms with Gasteiger partial charge in [-0.2, -0.15) is 0 Å². The summed E-state index contributed by atoms with van der Waals surface area (Å²) in [4.78, 5) is 15.2. The highest BCUT2D eigenvalue weighted by atomic mass is 16.5. The summed E-state index contributed by atoms with van der Waals surface area (Å²) < 4.78 is 10.2. The van der Waals surface area contributed by atoms with Crippen LogP contribution in [0.1, 0.15) is 5.56 Å². The van der Waals surface area contributed by atoms with Gasteiger partial charge in [0.1, 0.15) is 5.75 Å². The van der Waals surface area contributed by atoms with E-state index >= 15 is 0 Å². The number of ether oxygens (including phenoxy) is 2. The van der Waals surface area contributed by atoms with Crippen LogP contribution in [0.25, 0.3) is 0 Å². The Morgan fingerprint density at radius 3 is 2.83 bits per heavy atom. The Morgan fingerprint density at radius 2 is 2.11 bits per heavy atom. The molecule has 0 atom stereocenters. The van der Waals surface area contributed by atoms with E-state index in [-0.39, 0.29) is 12.4 Å². The lowest BCUT2D eigenvalue weighted by molar-refractivity contribution is -0.139. The Labute approximate surface area is 105 Å². The normalized spacial score (nSPS) is 9.83. The standard InChI is InChI=1S/C14H13NO3/c1-17-14(16)10-11-5-4-6-12(9-11)18-13-7-2-3-8-15-13/h2-9H,10H2,1H3. The number of methoxy groups -OCH3 is 1. The van der Waals surface area contributed by atoms with Gasteiger partial charge in [-0.05, 0) is 23.8 Å². The maximum atomic E-state index is 11.2. The van der Waals surface area contributed by atoms with Gasteiger partial charge in [-0.3, -0.25) is 4.79 Å². The molecule has 4 nitrogen and oxygen atoms in total. The fraction of sp³-hybridized carbons (Fsp3) is 0.143. The molecule has 0 fully saturated rings. The topological polar surface area (TPSA) is 48.4 Å². The van der Waals surface area contributed by atoms with Crippen LogP contribution in [-0.4, -0.2) is 18.1 Å². The molecule has 0 aliphatic rings. The van der Waals surface area contributed by atoms with Crippen LogP contribution in [0.5, 0.6) is 11.6 Å². The summed E-state index contributed by atoms with van der Waals surface area (Å²) in [5.74, 6) is 0.896. The lowest BCUT2D eigenvalue weighted by Gasteiger charge is -2.06. The third-order valence-electron chi connectivity index (χ3n) is 2.33. The molecule has 0 unspecified atom stereocenters. The Balaban J connectivity index is 2.10. The van der Waals surface area contributed by atoms with E-state index in [4.69, 9.17) is 4.74 Å². The Hall–Kier alpha value is -2.36. The molecule has 92 valence electrons. The molecule has 0 amide bonds. The summed E-state index contributed by atoms with van der Waals surface area (Å²) in [6, 6.07) is 12.7. The third kappa shape index (κ3) is 3.31. The molecule has 2 aromatic rings. The minimum Gasteiger partial charge on any atom is -0.469 e. The van der Waals surface area contributed by atoms with E-state index in [9.17, 15) is 4.79 Å². The fourth-order valence-corrected chi connectivity index (χ4v) is 1.49. The third-order valence-corrected chi connectivity index (χ3v) is 2.33. The predicted octanol–water partition coefficient (Wildman–Crippen LogP) is 2.59. The van der Waals surface area contributed by atoms with Gasteiger partial charge in [0.2, 0.25) is 5.88 Å². The van der Waals surface area contributed by atoms with Crippen LogP contribution in [0.15, 0.2) is 48.7 Å². The fourth-order valence-electron chi connectivity index (χ4n) is 1.49. The van der Waals surface area contributed by atoms with Gasteiger partial charge >= 0.3 is 5.97 Å². The molecule has 18 heavy (non-hydrogen) atoms. The van der Waals surface area contributed by atoms with Crippen molar-refractivity contribution in [1.82, 2.24) is 4.98 Å². The lowest BCUT2D eigenvalue weighted by atomic mass is 10.1. The maximum Gasteiger partial charge on any atom is 0.309 e. The summed E-state index contributed by atoms with van der Waals surface area (Å²) >= 11 is 0. The molecule has 0 saturated carbocycles. The minimum atomic E-state index is -0.273. The number of pyridine rings is 1. The number of esters is 1. The van der Waals surface area contributed by atoms with E-state index in [0.717, 1.165) is 5.56 Å². The van der Waals surface area contributed by atoms with E-state index in [1.807, 2.05) is 30.3 Å². The Kier molecular flexibility index (Phi) is 3.91. The van der Waals surface area contributed by atoms with Crippen molar-refractivity contribution < 1.29 is 14.3 Å². The molecule has 0 aliphatic carbocycles. The van der Waals surface area contributed by atoms with Crippen molar-refractivity contribution in [3.8, 4) is 11.6 Å². The Bertz CT molecular complexity index is 526. The van der Waals surface area contributed by atoms with E-state index in [2.05, 4.69) is 9.72 Å². The number of carbonyl (C=O) groups excluding carboxylic acids is 1. The quantitative estimate of drug-likeness (QED) is 0.774. The molecule has 0 spiro atoms. The molecule has 2 rings (SSSR count). The van der Waals surface area contributed by atoms with E-state index in [1.165, 1.54) is 7.11 Å². The largest absolute Gasteiger partial charge is 0.469 e. The van der Waals surface area contributed by atoms with Crippen molar-refractivity contribution in [1.29, 1.82) is 0 Å². The van der Waals surface area contributed by atoms with Gasteiger partial charge in [0.05, 0.1) is 13.5 Å². The van der Waals surface area contributed by atoms with Gasteiger partial charge in [0.15, 0.2) is 0 Å². The molecule has 1 aromatic carbocycles.